The van der Waals surface area contributed by atoms with Gasteiger partial charge in [-0.15, -0.1) is 0 Å². The molecular weight excluding hydrogens is 830 g/mol. The predicted octanol–water partition coefficient (Wildman–Crippen LogP) is 14.3. The zero-order valence-electron chi connectivity index (χ0n) is 40.4. The van der Waals surface area contributed by atoms with Crippen molar-refractivity contribution in [3.05, 3.63) is 60.8 Å². The molecule has 0 saturated carbocycles. The van der Waals surface area contributed by atoms with Crippen molar-refractivity contribution < 1.29 is 47.5 Å². The topological polar surface area (TPSA) is 172 Å². The number of phosphoric acid groups is 1. The second-order valence-electron chi connectivity index (χ2n) is 17.0. The molecule has 0 rings (SSSR count). The van der Waals surface area contributed by atoms with Crippen LogP contribution in [-0.2, 0) is 37.5 Å². The zero-order chi connectivity index (χ0) is 47.0. The molecule has 0 aromatic rings. The minimum absolute atomic E-state index is 0.0980. The summed E-state index contributed by atoms with van der Waals surface area (Å²) in [5.74, 6) is -2.48. The molecule has 64 heavy (non-hydrogen) atoms. The Morgan fingerprint density at radius 1 is 0.484 bits per heavy atom. The van der Waals surface area contributed by atoms with Crippen LogP contribution in [0.1, 0.15) is 219 Å². The maximum absolute atomic E-state index is 12.7. The fraction of sp³-hybridized carbons (Fsp3) is 0.750. The molecule has 1 unspecified atom stereocenters. The lowest BCUT2D eigenvalue weighted by molar-refractivity contribution is -0.161. The number of phosphoric ester groups is 1. The zero-order valence-corrected chi connectivity index (χ0v) is 41.3. The van der Waals surface area contributed by atoms with Gasteiger partial charge < -0.3 is 25.2 Å². The molecule has 0 radical (unpaired) electrons. The van der Waals surface area contributed by atoms with Crippen molar-refractivity contribution in [1.82, 2.24) is 0 Å². The summed E-state index contributed by atoms with van der Waals surface area (Å²) in [6, 6.07) is -1.53. The van der Waals surface area contributed by atoms with Crippen LogP contribution in [0.3, 0.4) is 0 Å². The summed E-state index contributed by atoms with van der Waals surface area (Å²) in [7, 11) is -4.74. The van der Waals surface area contributed by atoms with Crippen molar-refractivity contribution in [2.45, 2.75) is 231 Å². The smallest absolute Gasteiger partial charge is 0.472 e. The fourth-order valence-corrected chi connectivity index (χ4v) is 7.59. The monoisotopic (exact) mass is 922 g/mol. The Kier molecular flexibility index (Phi) is 44.6. The Morgan fingerprint density at radius 2 is 0.859 bits per heavy atom. The summed E-state index contributed by atoms with van der Waals surface area (Å²) in [5.41, 5.74) is 5.35. The molecular formula is C52H92NO10P. The van der Waals surface area contributed by atoms with E-state index in [2.05, 4.69) is 67.0 Å². The van der Waals surface area contributed by atoms with Gasteiger partial charge in [0.2, 0.25) is 0 Å². The number of unbranched alkanes of at least 4 members (excludes halogenated alkanes) is 23. The highest BCUT2D eigenvalue weighted by Crippen LogP contribution is 2.43. The highest BCUT2D eigenvalue weighted by molar-refractivity contribution is 7.47. The molecule has 0 amide bonds. The van der Waals surface area contributed by atoms with Gasteiger partial charge >= 0.3 is 25.7 Å². The van der Waals surface area contributed by atoms with Gasteiger partial charge in [0.25, 0.3) is 0 Å². The molecule has 0 heterocycles. The van der Waals surface area contributed by atoms with Crippen LogP contribution in [0.4, 0.5) is 0 Å². The number of allylic oxidation sites excluding steroid dienone is 10. The Labute approximate surface area is 389 Å². The van der Waals surface area contributed by atoms with E-state index in [1.165, 1.54) is 135 Å². The van der Waals surface area contributed by atoms with Crippen molar-refractivity contribution in [1.29, 1.82) is 0 Å². The van der Waals surface area contributed by atoms with Crippen molar-refractivity contribution in [2.75, 3.05) is 19.8 Å². The van der Waals surface area contributed by atoms with Gasteiger partial charge in [-0.25, -0.2) is 4.57 Å². The first-order chi connectivity index (χ1) is 31.1. The molecule has 0 aromatic heterocycles. The van der Waals surface area contributed by atoms with Gasteiger partial charge in [-0.2, -0.15) is 0 Å². The predicted molar refractivity (Wildman–Crippen MR) is 263 cm³/mol. The number of esters is 2. The summed E-state index contributed by atoms with van der Waals surface area (Å²) >= 11 is 0. The van der Waals surface area contributed by atoms with E-state index in [9.17, 15) is 23.8 Å². The van der Waals surface area contributed by atoms with Crippen LogP contribution in [-0.4, -0.2) is 59.9 Å². The lowest BCUT2D eigenvalue weighted by atomic mass is 10.0. The van der Waals surface area contributed by atoms with Crippen LogP contribution in [0.15, 0.2) is 60.8 Å². The van der Waals surface area contributed by atoms with Crippen molar-refractivity contribution in [3.63, 3.8) is 0 Å². The molecule has 0 aliphatic heterocycles. The third-order valence-electron chi connectivity index (χ3n) is 10.8. The van der Waals surface area contributed by atoms with Gasteiger partial charge in [-0.3, -0.25) is 23.4 Å². The third-order valence-corrected chi connectivity index (χ3v) is 11.7. The van der Waals surface area contributed by atoms with E-state index in [-0.39, 0.29) is 19.4 Å². The fourth-order valence-electron chi connectivity index (χ4n) is 6.81. The molecule has 0 aliphatic carbocycles. The van der Waals surface area contributed by atoms with E-state index in [4.69, 9.17) is 24.8 Å². The summed E-state index contributed by atoms with van der Waals surface area (Å²) in [6.45, 7) is 2.73. The average Bonchev–Trinajstić information content (AvgIpc) is 3.27. The Morgan fingerprint density at radius 3 is 1.30 bits per heavy atom. The van der Waals surface area contributed by atoms with Crippen molar-refractivity contribution in [2.24, 2.45) is 5.73 Å². The number of hydrogen-bond donors (Lipinski definition) is 3. The first-order valence-corrected chi connectivity index (χ1v) is 26.8. The quantitative estimate of drug-likeness (QED) is 0.0230. The molecule has 12 heteroatoms. The molecule has 0 aromatic carbocycles. The average molecular weight is 922 g/mol. The van der Waals surface area contributed by atoms with Crippen molar-refractivity contribution in [3.8, 4) is 0 Å². The number of ether oxygens (including phenoxy) is 2. The molecule has 0 saturated heterocycles. The van der Waals surface area contributed by atoms with Crippen LogP contribution in [0.2, 0.25) is 0 Å². The maximum atomic E-state index is 12.7. The number of nitrogens with two attached hydrogens (primary N) is 1. The first kappa shape index (κ1) is 61.2. The van der Waals surface area contributed by atoms with Gasteiger partial charge in [0.15, 0.2) is 6.10 Å². The van der Waals surface area contributed by atoms with E-state index >= 15 is 0 Å². The summed E-state index contributed by atoms with van der Waals surface area (Å²) in [4.78, 5) is 46.1. The number of rotatable bonds is 47. The highest BCUT2D eigenvalue weighted by Gasteiger charge is 2.28. The van der Waals surface area contributed by atoms with Gasteiger partial charge in [-0.1, -0.05) is 216 Å². The Balaban J connectivity index is 4.35. The number of carboxylic acids is 1. The van der Waals surface area contributed by atoms with Gasteiger partial charge in [0.1, 0.15) is 12.6 Å². The number of carbonyl (C=O) groups is 3. The lowest BCUT2D eigenvalue weighted by Gasteiger charge is -2.20. The van der Waals surface area contributed by atoms with E-state index in [1.54, 1.807) is 0 Å². The SMILES string of the molecule is CCCCC/C=C/C/C=C/C/C=C/C/C=C/C/C=C/CCC(=O)OC[C@H](COP(=O)(O)OC[C@H](N)C(=O)O)OC(=O)CCCCCCCCCCCCCCCCCCCCCCC. The largest absolute Gasteiger partial charge is 0.480 e. The Hall–Kier alpha value is -2.82. The molecule has 0 spiro atoms. The van der Waals surface area contributed by atoms with E-state index in [0.717, 1.165) is 44.9 Å². The minimum Gasteiger partial charge on any atom is -0.480 e. The van der Waals surface area contributed by atoms with Crippen LogP contribution in [0.25, 0.3) is 0 Å². The van der Waals surface area contributed by atoms with E-state index < -0.39 is 51.1 Å². The minimum atomic E-state index is -4.74. The summed E-state index contributed by atoms with van der Waals surface area (Å²) in [6.07, 6.45) is 55.9. The van der Waals surface area contributed by atoms with Gasteiger partial charge in [0.05, 0.1) is 13.2 Å². The summed E-state index contributed by atoms with van der Waals surface area (Å²) in [5, 5.41) is 8.92. The maximum Gasteiger partial charge on any atom is 0.472 e. The number of carbonyl (C=O) groups excluding carboxylic acids is 2. The van der Waals surface area contributed by atoms with E-state index in [0.29, 0.717) is 12.8 Å². The molecule has 0 aliphatic rings. The molecule has 4 N–H and O–H groups in total. The lowest BCUT2D eigenvalue weighted by Crippen LogP contribution is -2.34. The molecule has 11 nitrogen and oxygen atoms in total. The van der Waals surface area contributed by atoms with Gasteiger partial charge in [-0.05, 0) is 51.4 Å². The normalized spacial score (nSPS) is 14.1. The second-order valence-corrected chi connectivity index (χ2v) is 18.4. The van der Waals surface area contributed by atoms with Crippen molar-refractivity contribution >= 4 is 25.7 Å². The van der Waals surface area contributed by atoms with Gasteiger partial charge in [0, 0.05) is 12.8 Å². The highest BCUT2D eigenvalue weighted by atomic mass is 31.2. The first-order valence-electron chi connectivity index (χ1n) is 25.3. The van der Waals surface area contributed by atoms with Crippen LogP contribution in [0, 0.1) is 0 Å². The standard InChI is InChI=1S/C52H92NO10P/c1-3-5-7-9-11-13-15-17-19-21-23-24-26-28-30-32-34-36-38-40-42-44-51(55)63-48(46-61-64(58,59)62-47-49(53)52(56)57)45-60-50(54)43-41-39-37-35-33-31-29-27-25-22-20-18-16-14-12-10-8-6-4-2/h12,14,18,20,25,27,31,33,37,39,48-49H,3-11,13,15-17,19,21-24,26,28-30,32,34-36,38,40-47,53H2,1-2H3,(H,56,57)(H,58,59)/b14-12+,20-18+,27-25+,33-31+,39-37+/t48-,49+/m1/s1. The number of hydrogen-bond acceptors (Lipinski definition) is 9. The second kappa shape index (κ2) is 46.7. The third kappa shape index (κ3) is 45.7. The summed E-state index contributed by atoms with van der Waals surface area (Å²) < 4.78 is 32.7. The van der Waals surface area contributed by atoms with Crippen LogP contribution in [0.5, 0.6) is 0 Å². The van der Waals surface area contributed by atoms with Crippen LogP contribution < -0.4 is 5.73 Å². The van der Waals surface area contributed by atoms with E-state index in [1.807, 2.05) is 12.2 Å². The molecule has 370 valence electrons. The molecule has 0 fully saturated rings. The number of carboxylic acid groups (broad SMARTS) is 1. The Bertz CT molecular complexity index is 1310. The number of aliphatic carboxylic acids is 1. The molecule has 0 bridgehead atoms. The molecule has 3 atom stereocenters. The van der Waals surface area contributed by atoms with Crippen LogP contribution >= 0.6 is 7.82 Å².